The number of aromatic nitrogens is 3. The summed E-state index contributed by atoms with van der Waals surface area (Å²) in [7, 11) is 0. The van der Waals surface area contributed by atoms with Crippen molar-refractivity contribution in [2.45, 2.75) is 0 Å². The molecule has 0 aliphatic carbocycles. The Morgan fingerprint density at radius 2 is 0.512 bits per heavy atom. The van der Waals surface area contributed by atoms with Gasteiger partial charge in [0.1, 0.15) is 56.3 Å². The van der Waals surface area contributed by atoms with Gasteiger partial charge < -0.3 is 40.2 Å². The van der Waals surface area contributed by atoms with Crippen LogP contribution >= 0.6 is 0 Å². The number of hydrogen-bond acceptors (Lipinski definition) is 9. The number of nitrogens with zero attached hydrogens (tertiary/aromatic N) is 6. The second kappa shape index (κ2) is 26.8. The Labute approximate surface area is 697 Å². The summed E-state index contributed by atoms with van der Waals surface area (Å²) in [6.07, 6.45) is 0. The van der Waals surface area contributed by atoms with Crippen LogP contribution in [-0.4, -0.2) is 13.7 Å². The van der Waals surface area contributed by atoms with Gasteiger partial charge in [0.25, 0.3) is 0 Å². The Bertz CT molecular complexity index is 9370. The zero-order valence-electron chi connectivity index (χ0n) is 65.3. The summed E-state index contributed by atoms with van der Waals surface area (Å²) in [6.45, 7) is 0. The fourth-order valence-electron chi connectivity index (χ4n) is 19.3. The number of hydrogen-bond donors (Lipinski definition) is 0. The lowest BCUT2D eigenvalue weighted by atomic mass is 9.98. The average Bonchev–Trinajstić information content (AvgIpc) is 1.57. The van der Waals surface area contributed by atoms with E-state index in [1.165, 1.54) is 5.39 Å². The van der Waals surface area contributed by atoms with Crippen LogP contribution in [0.1, 0.15) is 16.7 Å². The Morgan fingerprint density at radius 1 is 0.195 bits per heavy atom. The van der Waals surface area contributed by atoms with Gasteiger partial charge in [-0.1, -0.05) is 218 Å². The van der Waals surface area contributed by atoms with E-state index in [2.05, 4.69) is 244 Å². The third-order valence-electron chi connectivity index (χ3n) is 24.7. The molecule has 9 heterocycles. The molecule has 0 atom stereocenters. The Balaban J connectivity index is 0.000000101. The fourth-order valence-corrected chi connectivity index (χ4v) is 19.3. The molecule has 0 aliphatic heterocycles. The van der Waals surface area contributed by atoms with E-state index in [1.807, 2.05) is 146 Å². The molecule has 0 amide bonds. The van der Waals surface area contributed by atoms with Crippen LogP contribution in [0.4, 0.5) is 0 Å². The van der Waals surface area contributed by atoms with E-state index in [9.17, 15) is 15.8 Å². The zero-order valence-corrected chi connectivity index (χ0v) is 65.3. The maximum Gasteiger partial charge on any atom is 0.160 e. The standard InChI is InChI=1S/3C37H20N2O2/c38-21-23-8-7-12-24(22-16-19-34-30(20-22)27-11-3-5-14-32(27)40-34)35(23)39-31-13-4-1-9-25(31)28-17-18-29-26-10-2-6-15-33(26)41-37(29)36(28)39;38-21-22-13-15-24(23-14-18-35-30(20-23)27-9-3-5-11-33(27)40-35)32(19-22)39-31-10-4-1-7-25(31)28-16-17-29-26-8-2-6-12-34(26)41-37(29)36(28)39;38-21-22-13-17-34-29(19-22)30-20-23(14-18-35(30)40-34)24-7-1-4-10-31(24)39-32-11-5-2-8-25(32)27-15-16-28-26-9-3-6-12-33(26)41-37(28)36(27)39/h3*1-20H. The first-order chi connectivity index (χ1) is 60.9. The van der Waals surface area contributed by atoms with Gasteiger partial charge in [-0.2, -0.15) is 15.8 Å². The van der Waals surface area contributed by atoms with Gasteiger partial charge in [0.05, 0.1) is 79.0 Å². The largest absolute Gasteiger partial charge is 0.456 e. The smallest absolute Gasteiger partial charge is 0.160 e. The summed E-state index contributed by atoms with van der Waals surface area (Å²) in [4.78, 5) is 0. The van der Waals surface area contributed by atoms with Gasteiger partial charge in [0.15, 0.2) is 16.7 Å². The number of nitriles is 3. The summed E-state index contributed by atoms with van der Waals surface area (Å²) >= 11 is 0. The van der Waals surface area contributed by atoms with Crippen LogP contribution in [0.2, 0.25) is 0 Å². The van der Waals surface area contributed by atoms with E-state index < -0.39 is 0 Å². The van der Waals surface area contributed by atoms with Crippen LogP contribution in [0.25, 0.3) is 247 Å². The predicted molar refractivity (Wildman–Crippen MR) is 496 cm³/mol. The predicted octanol–water partition coefficient (Wildman–Crippen LogP) is 30.4. The molecule has 0 aliphatic rings. The van der Waals surface area contributed by atoms with E-state index in [-0.39, 0.29) is 0 Å². The number of para-hydroxylation sites is 10. The number of furan rings is 6. The fraction of sp³-hybridized carbons (Fsp3) is 0. The molecule has 123 heavy (non-hydrogen) atoms. The minimum Gasteiger partial charge on any atom is -0.456 e. The van der Waals surface area contributed by atoms with E-state index in [4.69, 9.17) is 26.5 Å². The van der Waals surface area contributed by atoms with Crippen LogP contribution in [0.3, 0.4) is 0 Å². The molecule has 0 spiro atoms. The highest BCUT2D eigenvalue weighted by Gasteiger charge is 2.28. The molecule has 0 N–H and O–H groups in total. The van der Waals surface area contributed by atoms with Crippen molar-refractivity contribution < 1.29 is 26.5 Å². The third-order valence-corrected chi connectivity index (χ3v) is 24.7. The maximum atomic E-state index is 10.4. The first-order valence-corrected chi connectivity index (χ1v) is 40.7. The summed E-state index contributed by atoms with van der Waals surface area (Å²) in [6, 6.07) is 131. The van der Waals surface area contributed by atoms with Gasteiger partial charge in [-0.3, -0.25) is 0 Å². The number of benzene rings is 18. The van der Waals surface area contributed by atoms with Crippen LogP contribution < -0.4 is 0 Å². The maximum absolute atomic E-state index is 10.4. The van der Waals surface area contributed by atoms with Crippen molar-refractivity contribution in [1.29, 1.82) is 15.8 Å². The highest BCUT2D eigenvalue weighted by atomic mass is 16.3. The molecule has 570 valence electrons. The molecule has 27 aromatic rings. The lowest BCUT2D eigenvalue weighted by Crippen LogP contribution is -2.01. The topological polar surface area (TPSA) is 165 Å². The van der Waals surface area contributed by atoms with Gasteiger partial charge in [-0.05, 0) is 162 Å². The lowest BCUT2D eigenvalue weighted by molar-refractivity contribution is 0.668. The van der Waals surface area contributed by atoms with Gasteiger partial charge >= 0.3 is 0 Å². The molecule has 12 heteroatoms. The SMILES string of the molecule is N#Cc1ccc(-c2ccc3oc4ccccc4c3c2)c(-n2c3ccccc3c3ccc4c5ccccc5oc4c32)c1.N#Cc1ccc2oc3ccc(-c4ccccc4-n4c5ccccc5c5ccc6c7ccccc7oc6c54)cc3c2c1.N#Cc1cccc(-c2ccc3oc4ccccc4c3c2)c1-n1c2ccccc2c2ccc3c4ccccc4oc3c21. The van der Waals surface area contributed by atoms with Crippen molar-refractivity contribution in [3.05, 3.63) is 381 Å². The van der Waals surface area contributed by atoms with Crippen molar-refractivity contribution in [3.8, 4) is 68.7 Å². The second-order valence-electron chi connectivity index (χ2n) is 31.3. The van der Waals surface area contributed by atoms with Crippen LogP contribution in [0, 0.1) is 34.0 Å². The molecular weight excluding hydrogens is 1510 g/mol. The number of rotatable bonds is 6. The normalized spacial score (nSPS) is 11.9. The molecule has 9 aromatic heterocycles. The van der Waals surface area contributed by atoms with E-state index in [1.54, 1.807) is 6.07 Å². The minimum atomic E-state index is 0.593. The van der Waals surface area contributed by atoms with Crippen molar-refractivity contribution in [3.63, 3.8) is 0 Å². The quantitative estimate of drug-likeness (QED) is 0.157. The monoisotopic (exact) mass is 1570 g/mol. The van der Waals surface area contributed by atoms with Crippen LogP contribution in [-0.2, 0) is 0 Å². The molecule has 27 rings (SSSR count). The summed E-state index contributed by atoms with van der Waals surface area (Å²) < 4.78 is 44.8. The van der Waals surface area contributed by atoms with Crippen molar-refractivity contribution >= 4 is 197 Å². The minimum absolute atomic E-state index is 0.593. The Morgan fingerprint density at radius 3 is 0.976 bits per heavy atom. The van der Waals surface area contributed by atoms with Crippen LogP contribution in [0.5, 0.6) is 0 Å². The van der Waals surface area contributed by atoms with E-state index >= 15 is 0 Å². The first-order valence-electron chi connectivity index (χ1n) is 40.7. The molecule has 0 saturated carbocycles. The highest BCUT2D eigenvalue weighted by molar-refractivity contribution is 6.26. The molecule has 0 unspecified atom stereocenters. The van der Waals surface area contributed by atoms with Gasteiger partial charge in [-0.25, -0.2) is 0 Å². The Kier molecular flexibility index (Phi) is 15.0. The van der Waals surface area contributed by atoms with Gasteiger partial charge in [0, 0.05) is 114 Å². The molecular formula is C111H60N6O6. The number of fused-ring (bicyclic) bond motifs is 30. The zero-order chi connectivity index (χ0) is 81.2. The molecule has 0 saturated heterocycles. The van der Waals surface area contributed by atoms with E-state index in [0.29, 0.717) is 16.7 Å². The summed E-state index contributed by atoms with van der Waals surface area (Å²) in [5.74, 6) is 0. The average molecular weight is 1570 g/mol. The molecule has 0 fully saturated rings. The summed E-state index contributed by atoms with van der Waals surface area (Å²) in [5.41, 5.74) is 27.2. The van der Waals surface area contributed by atoms with Crippen molar-refractivity contribution in [2.24, 2.45) is 0 Å². The molecule has 18 aromatic carbocycles. The lowest BCUT2D eigenvalue weighted by Gasteiger charge is -2.16. The van der Waals surface area contributed by atoms with Gasteiger partial charge in [-0.15, -0.1) is 0 Å². The van der Waals surface area contributed by atoms with Crippen molar-refractivity contribution in [2.75, 3.05) is 0 Å². The molecule has 12 nitrogen and oxygen atoms in total. The van der Waals surface area contributed by atoms with E-state index in [0.717, 1.165) is 242 Å². The second-order valence-corrected chi connectivity index (χ2v) is 31.3. The Hall–Kier alpha value is -17.4. The molecule has 0 bridgehead atoms. The highest BCUT2D eigenvalue weighted by Crippen LogP contribution is 2.49. The van der Waals surface area contributed by atoms with Gasteiger partial charge in [0.2, 0.25) is 0 Å². The van der Waals surface area contributed by atoms with Crippen LogP contribution in [0.15, 0.2) is 390 Å². The summed E-state index contributed by atoms with van der Waals surface area (Å²) in [5, 5.41) is 49.4. The first kappa shape index (κ1) is 68.8. The van der Waals surface area contributed by atoms with Crippen molar-refractivity contribution in [1.82, 2.24) is 13.7 Å². The molecule has 0 radical (unpaired) electrons. The third kappa shape index (κ3) is 10.4.